The van der Waals surface area contributed by atoms with Crippen LogP contribution in [-0.4, -0.2) is 31.4 Å². The van der Waals surface area contributed by atoms with Crippen LogP contribution in [-0.2, 0) is 20.9 Å². The molecule has 0 unspecified atom stereocenters. The first-order chi connectivity index (χ1) is 9.77. The van der Waals surface area contributed by atoms with E-state index in [1.54, 1.807) is 6.92 Å². The van der Waals surface area contributed by atoms with Crippen molar-refractivity contribution in [3.8, 4) is 0 Å². The van der Waals surface area contributed by atoms with Crippen LogP contribution < -0.4 is 5.73 Å². The van der Waals surface area contributed by atoms with Crippen LogP contribution >= 0.6 is 0 Å². The summed E-state index contributed by atoms with van der Waals surface area (Å²) < 4.78 is 10.3. The molecule has 0 aliphatic rings. The number of carbonyl (C=O) groups is 1. The molecule has 0 radical (unpaired) electrons. The van der Waals surface area contributed by atoms with E-state index in [4.69, 9.17) is 15.2 Å². The number of ether oxygens (including phenoxy) is 2. The summed E-state index contributed by atoms with van der Waals surface area (Å²) in [6, 6.07) is 9.86. The first kappa shape index (κ1) is 15.9. The lowest BCUT2D eigenvalue weighted by atomic mass is 10.2. The maximum Gasteiger partial charge on any atom is 0.356 e. The van der Waals surface area contributed by atoms with E-state index in [2.05, 4.69) is 4.99 Å². The molecule has 1 rings (SSSR count). The quantitative estimate of drug-likeness (QED) is 0.445. The molecule has 0 aliphatic carbocycles. The molecule has 1 aromatic rings. The number of esters is 1. The Balaban J connectivity index is 2.35. The molecule has 0 spiro atoms. The molecular formula is C15H20N2O3. The smallest absolute Gasteiger partial charge is 0.356 e. The van der Waals surface area contributed by atoms with Crippen LogP contribution in [0.3, 0.4) is 0 Å². The summed E-state index contributed by atoms with van der Waals surface area (Å²) in [5.41, 5.74) is 6.58. The minimum absolute atomic E-state index is 0.206. The normalized spacial score (nSPS) is 11.8. The highest BCUT2D eigenvalue weighted by atomic mass is 16.5. The second-order valence-electron chi connectivity index (χ2n) is 3.88. The zero-order chi connectivity index (χ0) is 14.6. The number of carbonyl (C=O) groups excluding carboxylic acids is 1. The van der Waals surface area contributed by atoms with E-state index >= 15 is 0 Å². The van der Waals surface area contributed by atoms with Crippen molar-refractivity contribution in [2.75, 3.05) is 19.8 Å². The first-order valence-corrected chi connectivity index (χ1v) is 6.49. The Morgan fingerprint density at radius 2 is 2.10 bits per heavy atom. The Morgan fingerprint density at radius 1 is 1.35 bits per heavy atom. The highest BCUT2D eigenvalue weighted by Gasteiger charge is 2.08. The Hall–Kier alpha value is -2.14. The number of hydrogen-bond donors (Lipinski definition) is 1. The standard InChI is InChI=1S/C15H20N2O3/c1-2-20-15(18)14(8-9-16)17-10-11-19-12-13-6-4-3-5-7-13/h3-9H,2,10-12,16H2,1H3. The van der Waals surface area contributed by atoms with Gasteiger partial charge < -0.3 is 15.2 Å². The average Bonchev–Trinajstić information content (AvgIpc) is 2.47. The molecule has 1 aromatic carbocycles. The van der Waals surface area contributed by atoms with Crippen LogP contribution in [0.4, 0.5) is 0 Å². The zero-order valence-corrected chi connectivity index (χ0v) is 11.6. The zero-order valence-electron chi connectivity index (χ0n) is 11.6. The summed E-state index contributed by atoms with van der Waals surface area (Å²) in [7, 11) is 0. The SMILES string of the molecule is CCOC(=O)C(C=CN)=NCCOCc1ccccc1. The summed E-state index contributed by atoms with van der Waals surface area (Å²) in [6.07, 6.45) is 2.69. The number of benzene rings is 1. The van der Waals surface area contributed by atoms with Gasteiger partial charge in [0, 0.05) is 0 Å². The number of hydrogen-bond acceptors (Lipinski definition) is 5. The van der Waals surface area contributed by atoms with Crippen molar-refractivity contribution in [1.82, 2.24) is 0 Å². The van der Waals surface area contributed by atoms with E-state index in [0.717, 1.165) is 5.56 Å². The van der Waals surface area contributed by atoms with Gasteiger partial charge in [0.2, 0.25) is 0 Å². The second-order valence-corrected chi connectivity index (χ2v) is 3.88. The molecule has 0 saturated carbocycles. The van der Waals surface area contributed by atoms with Gasteiger partial charge in [-0.1, -0.05) is 30.3 Å². The molecule has 0 heterocycles. The van der Waals surface area contributed by atoms with Crippen LogP contribution in [0, 0.1) is 0 Å². The van der Waals surface area contributed by atoms with Gasteiger partial charge in [-0.2, -0.15) is 0 Å². The van der Waals surface area contributed by atoms with Crippen molar-refractivity contribution >= 4 is 11.7 Å². The predicted octanol–water partition coefficient (Wildman–Crippen LogP) is 1.68. The van der Waals surface area contributed by atoms with Crippen LogP contribution in [0.1, 0.15) is 12.5 Å². The highest BCUT2D eigenvalue weighted by Crippen LogP contribution is 2.00. The molecule has 0 fully saturated rings. The van der Waals surface area contributed by atoms with Crippen LogP contribution in [0.15, 0.2) is 47.6 Å². The van der Waals surface area contributed by atoms with Crippen molar-refractivity contribution < 1.29 is 14.3 Å². The lowest BCUT2D eigenvalue weighted by Crippen LogP contribution is -2.17. The average molecular weight is 276 g/mol. The van der Waals surface area contributed by atoms with Crippen molar-refractivity contribution in [2.24, 2.45) is 10.7 Å². The van der Waals surface area contributed by atoms with E-state index < -0.39 is 5.97 Å². The summed E-state index contributed by atoms with van der Waals surface area (Å²) in [5.74, 6) is -0.475. The second kappa shape index (κ2) is 9.75. The molecule has 0 saturated heterocycles. The monoisotopic (exact) mass is 276 g/mol. The van der Waals surface area contributed by atoms with Crippen molar-refractivity contribution in [3.05, 3.63) is 48.2 Å². The molecule has 108 valence electrons. The maximum atomic E-state index is 11.5. The van der Waals surface area contributed by atoms with Crippen molar-refractivity contribution in [1.29, 1.82) is 0 Å². The molecule has 0 aliphatic heterocycles. The van der Waals surface area contributed by atoms with Gasteiger partial charge in [0.05, 0.1) is 26.4 Å². The topological polar surface area (TPSA) is 73.9 Å². The van der Waals surface area contributed by atoms with E-state index in [1.807, 2.05) is 30.3 Å². The number of nitrogens with two attached hydrogens (primary N) is 1. The lowest BCUT2D eigenvalue weighted by Gasteiger charge is -2.04. The first-order valence-electron chi connectivity index (χ1n) is 6.49. The molecule has 20 heavy (non-hydrogen) atoms. The molecule has 2 N–H and O–H groups in total. The summed E-state index contributed by atoms with van der Waals surface area (Å²) in [6.45, 7) is 3.38. The van der Waals surface area contributed by atoms with Gasteiger partial charge in [0.15, 0.2) is 0 Å². The molecule has 5 heteroatoms. The van der Waals surface area contributed by atoms with Gasteiger partial charge in [-0.15, -0.1) is 0 Å². The van der Waals surface area contributed by atoms with Gasteiger partial charge in [0.25, 0.3) is 0 Å². The molecule has 5 nitrogen and oxygen atoms in total. The van der Waals surface area contributed by atoms with E-state index in [-0.39, 0.29) is 5.71 Å². The predicted molar refractivity (Wildman–Crippen MR) is 78.4 cm³/mol. The third-order valence-electron chi connectivity index (χ3n) is 2.37. The van der Waals surface area contributed by atoms with E-state index in [0.29, 0.717) is 26.4 Å². The number of nitrogens with zero attached hydrogens (tertiary/aromatic N) is 1. The Morgan fingerprint density at radius 3 is 2.75 bits per heavy atom. The van der Waals surface area contributed by atoms with Crippen LogP contribution in [0.25, 0.3) is 0 Å². The third kappa shape index (κ3) is 6.15. The number of aliphatic imine (C=N–C) groups is 1. The van der Waals surface area contributed by atoms with Crippen LogP contribution in [0.5, 0.6) is 0 Å². The fourth-order valence-electron chi connectivity index (χ4n) is 1.48. The molecule has 0 atom stereocenters. The van der Waals surface area contributed by atoms with Crippen molar-refractivity contribution in [3.63, 3.8) is 0 Å². The van der Waals surface area contributed by atoms with Gasteiger partial charge in [-0.3, -0.25) is 4.99 Å². The van der Waals surface area contributed by atoms with Crippen molar-refractivity contribution in [2.45, 2.75) is 13.5 Å². The van der Waals surface area contributed by atoms with Gasteiger partial charge >= 0.3 is 5.97 Å². The maximum absolute atomic E-state index is 11.5. The van der Waals surface area contributed by atoms with Gasteiger partial charge in [-0.05, 0) is 24.8 Å². The molecule has 0 bridgehead atoms. The molecule has 0 aromatic heterocycles. The fraction of sp³-hybridized carbons (Fsp3) is 0.333. The fourth-order valence-corrected chi connectivity index (χ4v) is 1.48. The van der Waals surface area contributed by atoms with Gasteiger partial charge in [-0.25, -0.2) is 4.79 Å². The lowest BCUT2D eigenvalue weighted by molar-refractivity contribution is -0.134. The minimum atomic E-state index is -0.475. The van der Waals surface area contributed by atoms with E-state index in [1.165, 1.54) is 12.3 Å². The Bertz CT molecular complexity index is 455. The Labute approximate surface area is 119 Å². The third-order valence-corrected chi connectivity index (χ3v) is 2.37. The molecule has 0 amide bonds. The summed E-state index contributed by atoms with van der Waals surface area (Å²) in [4.78, 5) is 15.6. The minimum Gasteiger partial charge on any atom is -0.461 e. The van der Waals surface area contributed by atoms with Crippen LogP contribution in [0.2, 0.25) is 0 Å². The van der Waals surface area contributed by atoms with Gasteiger partial charge in [0.1, 0.15) is 5.71 Å². The van der Waals surface area contributed by atoms with E-state index in [9.17, 15) is 4.79 Å². The number of rotatable bonds is 8. The summed E-state index contributed by atoms with van der Waals surface area (Å²) in [5, 5.41) is 0. The Kier molecular flexibility index (Phi) is 7.76. The highest BCUT2D eigenvalue weighted by molar-refractivity contribution is 6.41. The summed E-state index contributed by atoms with van der Waals surface area (Å²) >= 11 is 0. The molecular weight excluding hydrogens is 256 g/mol. The largest absolute Gasteiger partial charge is 0.461 e.